The van der Waals surface area contributed by atoms with Gasteiger partial charge < -0.3 is 14.2 Å². The second-order valence-electron chi connectivity index (χ2n) is 7.41. The summed E-state index contributed by atoms with van der Waals surface area (Å²) in [6.45, 7) is 2.10. The number of benzene rings is 3. The van der Waals surface area contributed by atoms with Crippen molar-refractivity contribution >= 4 is 27.5 Å². The van der Waals surface area contributed by atoms with Crippen molar-refractivity contribution in [3.05, 3.63) is 83.7 Å². The van der Waals surface area contributed by atoms with Crippen molar-refractivity contribution < 1.29 is 36.6 Å². The molecule has 1 atom stereocenters. The number of esters is 1. The molecular weight excluding hydrogens is 465 g/mol. The van der Waals surface area contributed by atoms with Gasteiger partial charge in [0.25, 0.3) is 10.0 Å². The number of fused-ring (bicyclic) bond motifs is 1. The first kappa shape index (κ1) is 23.2. The van der Waals surface area contributed by atoms with Crippen LogP contribution in [-0.4, -0.2) is 39.5 Å². The lowest BCUT2D eigenvalue weighted by Crippen LogP contribution is -2.24. The second kappa shape index (κ2) is 9.52. The molecule has 10 heteroatoms. The van der Waals surface area contributed by atoms with Crippen LogP contribution in [0.1, 0.15) is 27.6 Å². The van der Waals surface area contributed by atoms with Crippen LogP contribution in [0.2, 0.25) is 0 Å². The Bertz CT molecular complexity index is 1340. The number of ether oxygens (including phenoxy) is 3. The van der Waals surface area contributed by atoms with Crippen LogP contribution in [0, 0.1) is 5.82 Å². The molecule has 4 rings (SSSR count). The third-order valence-corrected chi connectivity index (χ3v) is 6.34. The molecule has 3 aromatic carbocycles. The molecule has 3 aromatic rings. The van der Waals surface area contributed by atoms with Gasteiger partial charge in [0, 0.05) is 17.3 Å². The molecule has 0 radical (unpaired) electrons. The summed E-state index contributed by atoms with van der Waals surface area (Å²) in [5.41, 5.74) is 0.366. The molecule has 34 heavy (non-hydrogen) atoms. The second-order valence-corrected chi connectivity index (χ2v) is 9.09. The third kappa shape index (κ3) is 5.18. The number of hydrogen-bond donors (Lipinski definition) is 1. The summed E-state index contributed by atoms with van der Waals surface area (Å²) < 4.78 is 57.2. The van der Waals surface area contributed by atoms with Crippen molar-refractivity contribution in [2.75, 3.05) is 17.9 Å². The van der Waals surface area contributed by atoms with Gasteiger partial charge in [0.15, 0.2) is 17.6 Å². The van der Waals surface area contributed by atoms with Crippen LogP contribution in [0.5, 0.6) is 11.5 Å². The number of halogens is 1. The Morgan fingerprint density at radius 2 is 1.65 bits per heavy atom. The van der Waals surface area contributed by atoms with Crippen molar-refractivity contribution in [1.82, 2.24) is 0 Å². The maximum Gasteiger partial charge on any atom is 0.338 e. The van der Waals surface area contributed by atoms with E-state index in [0.29, 0.717) is 24.7 Å². The van der Waals surface area contributed by atoms with Crippen molar-refractivity contribution in [2.24, 2.45) is 0 Å². The minimum atomic E-state index is -3.99. The van der Waals surface area contributed by atoms with E-state index in [0.717, 1.165) is 12.1 Å². The van der Waals surface area contributed by atoms with Crippen molar-refractivity contribution in [1.29, 1.82) is 0 Å². The number of Topliss-reactive ketones (excluding diaryl/α,β-unsaturated/α-hetero) is 1. The molecule has 0 fully saturated rings. The molecule has 176 valence electrons. The highest BCUT2D eigenvalue weighted by Crippen LogP contribution is 2.32. The predicted molar refractivity (Wildman–Crippen MR) is 120 cm³/mol. The number of carbonyl (C=O) groups is 2. The number of nitrogens with one attached hydrogen (secondary N) is 1. The van der Waals surface area contributed by atoms with Gasteiger partial charge in [0.05, 0.1) is 10.5 Å². The molecule has 1 aliphatic rings. The van der Waals surface area contributed by atoms with Gasteiger partial charge in [-0.2, -0.15) is 0 Å². The molecule has 1 heterocycles. The summed E-state index contributed by atoms with van der Waals surface area (Å²) in [5.74, 6) is -1.02. The van der Waals surface area contributed by atoms with Gasteiger partial charge in [-0.25, -0.2) is 17.6 Å². The maximum absolute atomic E-state index is 13.1. The summed E-state index contributed by atoms with van der Waals surface area (Å²) in [5, 5.41) is 0. The van der Waals surface area contributed by atoms with Crippen molar-refractivity contribution in [3.8, 4) is 11.5 Å². The van der Waals surface area contributed by atoms with E-state index in [1.54, 1.807) is 0 Å². The van der Waals surface area contributed by atoms with Gasteiger partial charge in [-0.15, -0.1) is 0 Å². The number of carbonyl (C=O) groups excluding carboxylic acids is 2. The molecular formula is C24H20FNO7S. The monoisotopic (exact) mass is 485 g/mol. The van der Waals surface area contributed by atoms with Crippen molar-refractivity contribution in [3.63, 3.8) is 0 Å². The lowest BCUT2D eigenvalue weighted by atomic mass is 10.1. The topological polar surface area (TPSA) is 108 Å². The standard InChI is InChI=1S/C24H20FNO7S/c1-15(23(27)16-5-7-18(25)8-6-16)33-24(28)17-3-2-4-19(13-17)26-34(29,30)20-9-10-21-22(14-20)32-12-11-31-21/h2-10,13-15,26H,11-12H2,1H3/t15-/m1/s1. The van der Waals surface area contributed by atoms with Crippen LogP contribution in [0.4, 0.5) is 10.1 Å². The fraction of sp³-hybridized carbons (Fsp3) is 0.167. The van der Waals surface area contributed by atoms with Gasteiger partial charge in [0.2, 0.25) is 5.78 Å². The first-order valence-corrected chi connectivity index (χ1v) is 11.7. The zero-order valence-corrected chi connectivity index (χ0v) is 18.8. The average molecular weight is 485 g/mol. The predicted octanol–water partition coefficient (Wildman–Crippen LogP) is 3.83. The van der Waals surface area contributed by atoms with E-state index in [1.165, 1.54) is 61.5 Å². The Morgan fingerprint density at radius 1 is 0.941 bits per heavy atom. The lowest BCUT2D eigenvalue weighted by molar-refractivity contribution is 0.0319. The minimum absolute atomic E-state index is 0.0387. The van der Waals surface area contributed by atoms with Crippen LogP contribution < -0.4 is 14.2 Å². The molecule has 8 nitrogen and oxygen atoms in total. The maximum atomic E-state index is 13.1. The molecule has 1 N–H and O–H groups in total. The summed E-state index contributed by atoms with van der Waals surface area (Å²) in [6, 6.07) is 14.8. The Morgan fingerprint density at radius 3 is 2.38 bits per heavy atom. The van der Waals surface area contributed by atoms with E-state index in [2.05, 4.69) is 4.72 Å². The highest BCUT2D eigenvalue weighted by atomic mass is 32.2. The molecule has 0 aliphatic carbocycles. The normalized spacial score (nSPS) is 13.6. The van der Waals surface area contributed by atoms with Crippen LogP contribution in [0.25, 0.3) is 0 Å². The van der Waals surface area contributed by atoms with Gasteiger partial charge in [0.1, 0.15) is 19.0 Å². The highest BCUT2D eigenvalue weighted by molar-refractivity contribution is 7.92. The summed E-state index contributed by atoms with van der Waals surface area (Å²) in [4.78, 5) is 24.9. The summed E-state index contributed by atoms with van der Waals surface area (Å²) in [6.07, 6.45) is -1.13. The minimum Gasteiger partial charge on any atom is -0.486 e. The van der Waals surface area contributed by atoms with Crippen LogP contribution in [-0.2, 0) is 14.8 Å². The third-order valence-electron chi connectivity index (χ3n) is 4.96. The zero-order valence-electron chi connectivity index (χ0n) is 18.0. The van der Waals surface area contributed by atoms with Crippen LogP contribution >= 0.6 is 0 Å². The highest BCUT2D eigenvalue weighted by Gasteiger charge is 2.22. The Kier molecular flexibility index (Phi) is 6.51. The van der Waals surface area contributed by atoms with Gasteiger partial charge in [-0.3, -0.25) is 9.52 Å². The van der Waals surface area contributed by atoms with Gasteiger partial charge >= 0.3 is 5.97 Å². The zero-order chi connectivity index (χ0) is 24.3. The van der Waals surface area contributed by atoms with E-state index >= 15 is 0 Å². The molecule has 0 bridgehead atoms. The quantitative estimate of drug-likeness (QED) is 0.400. The molecule has 0 amide bonds. The molecule has 0 spiro atoms. The van der Waals surface area contributed by atoms with Crippen LogP contribution in [0.3, 0.4) is 0 Å². The first-order chi connectivity index (χ1) is 16.2. The Hall–Kier alpha value is -3.92. The molecule has 0 aromatic heterocycles. The van der Waals surface area contributed by atoms with E-state index in [4.69, 9.17) is 14.2 Å². The lowest BCUT2D eigenvalue weighted by Gasteiger charge is -2.19. The summed E-state index contributed by atoms with van der Waals surface area (Å²) >= 11 is 0. The largest absolute Gasteiger partial charge is 0.486 e. The Balaban J connectivity index is 1.46. The van der Waals surface area contributed by atoms with E-state index < -0.39 is 33.7 Å². The molecule has 1 aliphatic heterocycles. The number of anilines is 1. The fourth-order valence-corrected chi connectivity index (χ4v) is 4.31. The molecule has 0 saturated heterocycles. The fourth-order valence-electron chi connectivity index (χ4n) is 3.25. The molecule has 0 unspecified atom stereocenters. The Labute approximate surface area is 195 Å². The smallest absolute Gasteiger partial charge is 0.338 e. The number of hydrogen-bond acceptors (Lipinski definition) is 7. The van der Waals surface area contributed by atoms with Gasteiger partial charge in [-0.05, 0) is 61.5 Å². The SMILES string of the molecule is C[C@@H](OC(=O)c1cccc(NS(=O)(=O)c2ccc3c(c2)OCCO3)c1)C(=O)c1ccc(F)cc1. The average Bonchev–Trinajstić information content (AvgIpc) is 2.83. The first-order valence-electron chi connectivity index (χ1n) is 10.3. The van der Waals surface area contributed by atoms with Crippen LogP contribution in [0.15, 0.2) is 71.6 Å². The van der Waals surface area contributed by atoms with E-state index in [-0.39, 0.29) is 21.7 Å². The van der Waals surface area contributed by atoms with Crippen molar-refractivity contribution in [2.45, 2.75) is 17.9 Å². The number of rotatable bonds is 7. The van der Waals surface area contributed by atoms with Gasteiger partial charge in [-0.1, -0.05) is 6.07 Å². The van der Waals surface area contributed by atoms with E-state index in [1.807, 2.05) is 0 Å². The number of sulfonamides is 1. The number of ketones is 1. The van der Waals surface area contributed by atoms with E-state index in [9.17, 15) is 22.4 Å². The summed E-state index contributed by atoms with van der Waals surface area (Å²) in [7, 11) is -3.99. The molecule has 0 saturated carbocycles.